The van der Waals surface area contributed by atoms with Crippen LogP contribution in [0.1, 0.15) is 0 Å². The van der Waals surface area contributed by atoms with Gasteiger partial charge in [0.1, 0.15) is 6.29 Å². The molecule has 112 valence electrons. The van der Waals surface area contributed by atoms with E-state index in [9.17, 15) is 9.59 Å². The Labute approximate surface area is 126 Å². The van der Waals surface area contributed by atoms with Crippen LogP contribution in [0.3, 0.4) is 0 Å². The molecule has 0 aliphatic rings. The van der Waals surface area contributed by atoms with E-state index in [0.29, 0.717) is 16.9 Å². The fraction of sp³-hybridized carbons (Fsp3) is 0.176. The Bertz CT molecular complexity index is 927. The van der Waals surface area contributed by atoms with E-state index in [2.05, 4.69) is 0 Å². The van der Waals surface area contributed by atoms with Crippen LogP contribution in [0, 0.1) is 0 Å². The van der Waals surface area contributed by atoms with Crippen LogP contribution in [0.4, 0.5) is 0 Å². The predicted molar refractivity (Wildman–Crippen MR) is 84.9 cm³/mol. The summed E-state index contributed by atoms with van der Waals surface area (Å²) in [5.74, 6) is 1.05. The molecular weight excluding hydrogens is 282 g/mol. The third kappa shape index (κ3) is 2.02. The van der Waals surface area contributed by atoms with Crippen LogP contribution < -0.4 is 15.0 Å². The number of aromatic nitrogens is 1. The van der Waals surface area contributed by atoms with Crippen molar-refractivity contribution >= 4 is 28.0 Å². The maximum Gasteiger partial charge on any atom is 0.259 e. The quantitative estimate of drug-likeness (QED) is 0.548. The average molecular weight is 297 g/mol. The summed E-state index contributed by atoms with van der Waals surface area (Å²) in [5, 5.41) is 2.17. The number of carbonyl (C=O) groups is 1. The Hall–Kier alpha value is -2.82. The Morgan fingerprint density at radius 1 is 1.00 bits per heavy atom. The zero-order valence-electron chi connectivity index (χ0n) is 12.3. The molecule has 0 N–H and O–H groups in total. The van der Waals surface area contributed by atoms with Crippen molar-refractivity contribution in [1.29, 1.82) is 0 Å². The first-order chi connectivity index (χ1) is 10.7. The predicted octanol–water partition coefficient (Wildman–Crippen LogP) is 2.37. The largest absolute Gasteiger partial charge is 0.493 e. The monoisotopic (exact) mass is 297 g/mol. The molecule has 0 atom stereocenters. The molecule has 5 heteroatoms. The third-order valence-corrected chi connectivity index (χ3v) is 3.74. The number of carbonyl (C=O) groups excluding carboxylic acids is 1. The molecule has 1 aromatic heterocycles. The molecule has 0 aliphatic heterocycles. The first-order valence-corrected chi connectivity index (χ1v) is 6.82. The summed E-state index contributed by atoms with van der Waals surface area (Å²) in [5.41, 5.74) is 0.501. The lowest BCUT2D eigenvalue weighted by Gasteiger charge is -2.13. The summed E-state index contributed by atoms with van der Waals surface area (Å²) in [6, 6.07) is 10.9. The van der Waals surface area contributed by atoms with Crippen LogP contribution >= 0.6 is 0 Å². The summed E-state index contributed by atoms with van der Waals surface area (Å²) in [6.07, 6.45) is 0.723. The number of benzene rings is 2. The van der Waals surface area contributed by atoms with E-state index in [1.54, 1.807) is 19.2 Å². The van der Waals surface area contributed by atoms with Crippen molar-refractivity contribution in [3.63, 3.8) is 0 Å². The van der Waals surface area contributed by atoms with E-state index in [1.807, 2.05) is 24.3 Å². The van der Waals surface area contributed by atoms with Crippen molar-refractivity contribution in [2.24, 2.45) is 0 Å². The number of methoxy groups -OCH3 is 2. The van der Waals surface area contributed by atoms with Crippen molar-refractivity contribution in [3.8, 4) is 11.5 Å². The number of hydrogen-bond donors (Lipinski definition) is 0. The molecule has 0 fully saturated rings. The highest BCUT2D eigenvalue weighted by molar-refractivity contribution is 6.06. The topological polar surface area (TPSA) is 57.5 Å². The number of rotatable bonds is 4. The van der Waals surface area contributed by atoms with Crippen molar-refractivity contribution in [2.45, 2.75) is 6.54 Å². The zero-order chi connectivity index (χ0) is 15.7. The van der Waals surface area contributed by atoms with Gasteiger partial charge >= 0.3 is 0 Å². The van der Waals surface area contributed by atoms with Crippen molar-refractivity contribution in [2.75, 3.05) is 14.2 Å². The molecule has 5 nitrogen and oxygen atoms in total. The second-order valence-electron chi connectivity index (χ2n) is 4.85. The molecule has 3 rings (SSSR count). The minimum Gasteiger partial charge on any atom is -0.493 e. The summed E-state index contributed by atoms with van der Waals surface area (Å²) in [7, 11) is 3.08. The zero-order valence-corrected chi connectivity index (χ0v) is 12.3. The number of hydrogen-bond acceptors (Lipinski definition) is 4. The number of fused-ring (bicyclic) bond motifs is 3. The van der Waals surface area contributed by atoms with E-state index in [-0.39, 0.29) is 12.1 Å². The van der Waals surface area contributed by atoms with Crippen molar-refractivity contribution in [3.05, 3.63) is 46.8 Å². The second-order valence-corrected chi connectivity index (χ2v) is 4.85. The number of aldehydes is 1. The number of pyridine rings is 1. The summed E-state index contributed by atoms with van der Waals surface area (Å²) in [6.45, 7) is 0.0175. The molecule has 1 heterocycles. The average Bonchev–Trinajstić information content (AvgIpc) is 2.57. The molecule has 0 unspecified atom stereocenters. The Morgan fingerprint density at radius 2 is 1.64 bits per heavy atom. The third-order valence-electron chi connectivity index (χ3n) is 3.74. The highest BCUT2D eigenvalue weighted by atomic mass is 16.5. The minimum atomic E-state index is -0.221. The number of ether oxygens (including phenoxy) is 2. The number of para-hydroxylation sites is 1. The van der Waals surface area contributed by atoms with E-state index < -0.39 is 0 Å². The lowest BCUT2D eigenvalue weighted by molar-refractivity contribution is -0.108. The summed E-state index contributed by atoms with van der Waals surface area (Å²) in [4.78, 5) is 23.6. The fourth-order valence-corrected chi connectivity index (χ4v) is 2.73. The second kappa shape index (κ2) is 5.52. The van der Waals surface area contributed by atoms with Gasteiger partial charge < -0.3 is 18.8 Å². The van der Waals surface area contributed by atoms with Gasteiger partial charge in [0.2, 0.25) is 0 Å². The Morgan fingerprint density at radius 3 is 2.27 bits per heavy atom. The fourth-order valence-electron chi connectivity index (χ4n) is 2.73. The first kappa shape index (κ1) is 14.1. The van der Waals surface area contributed by atoms with Crippen LogP contribution in [0.5, 0.6) is 11.5 Å². The molecule has 0 amide bonds. The molecule has 0 saturated carbocycles. The summed E-state index contributed by atoms with van der Waals surface area (Å²) < 4.78 is 12.1. The SMILES string of the molecule is COc1cc2c(=O)n(CC=O)c3ccccc3c2cc1OC. The summed E-state index contributed by atoms with van der Waals surface area (Å²) >= 11 is 0. The van der Waals surface area contributed by atoms with Gasteiger partial charge in [-0.1, -0.05) is 18.2 Å². The van der Waals surface area contributed by atoms with E-state index >= 15 is 0 Å². The smallest absolute Gasteiger partial charge is 0.259 e. The van der Waals surface area contributed by atoms with Crippen LogP contribution in [0.2, 0.25) is 0 Å². The molecular formula is C17H15NO4. The van der Waals surface area contributed by atoms with Gasteiger partial charge in [0.15, 0.2) is 11.5 Å². The van der Waals surface area contributed by atoms with Gasteiger partial charge in [0, 0.05) is 10.8 Å². The van der Waals surface area contributed by atoms with Gasteiger partial charge in [-0.15, -0.1) is 0 Å². The Balaban J connectivity index is 2.54. The van der Waals surface area contributed by atoms with Crippen molar-refractivity contribution < 1.29 is 14.3 Å². The van der Waals surface area contributed by atoms with E-state index in [4.69, 9.17) is 9.47 Å². The molecule has 22 heavy (non-hydrogen) atoms. The normalized spacial score (nSPS) is 10.8. The minimum absolute atomic E-state index is 0.0175. The lowest BCUT2D eigenvalue weighted by atomic mass is 10.0. The van der Waals surface area contributed by atoms with Crippen LogP contribution in [-0.2, 0) is 11.3 Å². The molecule has 2 aromatic carbocycles. The number of nitrogens with zero attached hydrogens (tertiary/aromatic N) is 1. The van der Waals surface area contributed by atoms with E-state index in [0.717, 1.165) is 22.6 Å². The van der Waals surface area contributed by atoms with Gasteiger partial charge in [0.05, 0.1) is 31.7 Å². The first-order valence-electron chi connectivity index (χ1n) is 6.82. The van der Waals surface area contributed by atoms with Crippen LogP contribution in [0.25, 0.3) is 21.7 Å². The van der Waals surface area contributed by atoms with Gasteiger partial charge in [-0.2, -0.15) is 0 Å². The molecule has 3 aromatic rings. The van der Waals surface area contributed by atoms with E-state index in [1.165, 1.54) is 11.7 Å². The van der Waals surface area contributed by atoms with Gasteiger partial charge in [-0.25, -0.2) is 0 Å². The molecule has 0 aliphatic carbocycles. The van der Waals surface area contributed by atoms with Crippen LogP contribution in [0.15, 0.2) is 41.2 Å². The maximum absolute atomic E-state index is 12.7. The molecule has 0 radical (unpaired) electrons. The van der Waals surface area contributed by atoms with Gasteiger partial charge in [-0.05, 0) is 18.2 Å². The maximum atomic E-state index is 12.7. The molecule has 0 bridgehead atoms. The Kier molecular flexibility index (Phi) is 3.55. The molecule has 0 saturated heterocycles. The lowest BCUT2D eigenvalue weighted by Crippen LogP contribution is -2.21. The van der Waals surface area contributed by atoms with Gasteiger partial charge in [0.25, 0.3) is 5.56 Å². The highest BCUT2D eigenvalue weighted by Gasteiger charge is 2.14. The van der Waals surface area contributed by atoms with Crippen molar-refractivity contribution in [1.82, 2.24) is 4.57 Å². The van der Waals surface area contributed by atoms with Gasteiger partial charge in [-0.3, -0.25) is 4.79 Å². The standard InChI is InChI=1S/C17H15NO4/c1-21-15-9-12-11-5-3-4-6-14(11)18(7-8-19)17(20)13(12)10-16(15)22-2/h3-6,8-10H,7H2,1-2H3. The molecule has 0 spiro atoms. The van der Waals surface area contributed by atoms with Crippen LogP contribution in [-0.4, -0.2) is 25.1 Å². The highest BCUT2D eigenvalue weighted by Crippen LogP contribution is 2.34.